The highest BCUT2D eigenvalue weighted by Crippen LogP contribution is 2.19. The summed E-state index contributed by atoms with van der Waals surface area (Å²) in [6, 6.07) is 14.0. The van der Waals surface area contributed by atoms with Gasteiger partial charge in [-0.2, -0.15) is 0 Å². The van der Waals surface area contributed by atoms with Crippen LogP contribution in [0.3, 0.4) is 0 Å². The quantitative estimate of drug-likeness (QED) is 0.433. The lowest BCUT2D eigenvalue weighted by Gasteiger charge is -2.23. The maximum atomic E-state index is 14.4. The number of halogens is 2. The molecule has 0 fully saturated rings. The Bertz CT molecular complexity index is 1330. The zero-order chi connectivity index (χ0) is 21.4. The number of amides is 1. The summed E-state index contributed by atoms with van der Waals surface area (Å²) >= 11 is 0. The van der Waals surface area contributed by atoms with Crippen LogP contribution in [0.2, 0.25) is 0 Å². The molecule has 1 amide bonds. The minimum absolute atomic E-state index is 0.153. The molecule has 154 valence electrons. The normalized spacial score (nSPS) is 11.3. The zero-order valence-corrected chi connectivity index (χ0v) is 16.3. The molecule has 4 aromatic heterocycles. The van der Waals surface area contributed by atoms with Crippen LogP contribution in [0, 0.1) is 11.6 Å². The third kappa shape index (κ3) is 3.52. The summed E-state index contributed by atoms with van der Waals surface area (Å²) in [5, 5.41) is 0. The van der Waals surface area contributed by atoms with Gasteiger partial charge in [-0.3, -0.25) is 4.79 Å². The Morgan fingerprint density at radius 2 is 1.42 bits per heavy atom. The second kappa shape index (κ2) is 7.64. The average molecular weight is 417 g/mol. The van der Waals surface area contributed by atoms with Gasteiger partial charge in [0.1, 0.15) is 22.9 Å². The number of fused-ring (bicyclic) bond motifs is 2. The van der Waals surface area contributed by atoms with Crippen molar-refractivity contribution >= 4 is 17.2 Å². The second-order valence-corrected chi connectivity index (χ2v) is 7.14. The van der Waals surface area contributed by atoms with Crippen LogP contribution in [0.15, 0.2) is 79.4 Å². The van der Waals surface area contributed by atoms with Crippen LogP contribution in [0.25, 0.3) is 11.3 Å². The summed E-state index contributed by atoms with van der Waals surface area (Å²) in [5.41, 5.74) is 2.64. The number of carbonyl (C=O) groups is 1. The van der Waals surface area contributed by atoms with Crippen LogP contribution in [-0.4, -0.2) is 29.6 Å². The number of hydrogen-bond acceptors (Lipinski definition) is 3. The van der Waals surface area contributed by atoms with Gasteiger partial charge in [-0.05, 0) is 42.5 Å². The minimum atomic E-state index is -0.771. The molecule has 4 heterocycles. The Morgan fingerprint density at radius 1 is 0.839 bits per heavy atom. The van der Waals surface area contributed by atoms with Gasteiger partial charge < -0.3 is 13.7 Å². The van der Waals surface area contributed by atoms with Crippen molar-refractivity contribution in [1.29, 1.82) is 0 Å². The van der Waals surface area contributed by atoms with Gasteiger partial charge in [-0.15, -0.1) is 0 Å². The van der Waals surface area contributed by atoms with E-state index >= 15 is 0 Å². The molecule has 0 radical (unpaired) electrons. The molecule has 1 aromatic carbocycles. The van der Waals surface area contributed by atoms with E-state index in [1.165, 1.54) is 4.90 Å². The average Bonchev–Trinajstić information content (AvgIpc) is 3.39. The standard InChI is InChI=1S/C23H17F2N5O/c24-16-7-8-20(25)19(11-16)23(31)28(14-17-12-26-21-5-1-3-9-29(17)21)15-18-13-27-22-6-2-4-10-30(18)22/h1-13H,14-15H2. The van der Waals surface area contributed by atoms with Crippen molar-refractivity contribution in [1.82, 2.24) is 23.7 Å². The fourth-order valence-electron chi connectivity index (χ4n) is 3.63. The van der Waals surface area contributed by atoms with E-state index in [2.05, 4.69) is 9.97 Å². The molecule has 6 nitrogen and oxygen atoms in total. The molecule has 5 aromatic rings. The van der Waals surface area contributed by atoms with Crippen molar-refractivity contribution < 1.29 is 13.6 Å². The lowest BCUT2D eigenvalue weighted by molar-refractivity contribution is 0.0719. The molecule has 0 bridgehead atoms. The predicted octanol–water partition coefficient (Wildman–Crippen LogP) is 4.10. The van der Waals surface area contributed by atoms with Crippen molar-refractivity contribution in [2.75, 3.05) is 0 Å². The molecular formula is C23H17F2N5O. The van der Waals surface area contributed by atoms with Gasteiger partial charge in [0, 0.05) is 12.4 Å². The largest absolute Gasteiger partial charge is 0.327 e. The first-order chi connectivity index (χ1) is 15.1. The highest BCUT2D eigenvalue weighted by molar-refractivity contribution is 5.94. The lowest BCUT2D eigenvalue weighted by atomic mass is 10.1. The maximum absolute atomic E-state index is 14.4. The van der Waals surface area contributed by atoms with Gasteiger partial charge >= 0.3 is 0 Å². The number of carbonyl (C=O) groups excluding carboxylic acids is 1. The van der Waals surface area contributed by atoms with E-state index in [4.69, 9.17) is 0 Å². The summed E-state index contributed by atoms with van der Waals surface area (Å²) in [6.45, 7) is 0.306. The number of rotatable bonds is 5. The zero-order valence-electron chi connectivity index (χ0n) is 16.3. The number of nitrogens with zero attached hydrogens (tertiary/aromatic N) is 5. The van der Waals surface area contributed by atoms with Crippen LogP contribution in [-0.2, 0) is 13.1 Å². The van der Waals surface area contributed by atoms with E-state index in [0.29, 0.717) is 0 Å². The molecule has 0 aliphatic rings. The number of hydrogen-bond donors (Lipinski definition) is 0. The maximum Gasteiger partial charge on any atom is 0.257 e. The van der Waals surface area contributed by atoms with Gasteiger partial charge in [0.2, 0.25) is 0 Å². The summed E-state index contributed by atoms with van der Waals surface area (Å²) in [5.74, 6) is -2.06. The van der Waals surface area contributed by atoms with E-state index in [-0.39, 0.29) is 18.7 Å². The predicted molar refractivity (Wildman–Crippen MR) is 110 cm³/mol. The summed E-state index contributed by atoms with van der Waals surface area (Å²) < 4.78 is 31.9. The minimum Gasteiger partial charge on any atom is -0.327 e. The third-order valence-corrected chi connectivity index (χ3v) is 5.14. The van der Waals surface area contributed by atoms with Gasteiger partial charge in [0.05, 0.1) is 42.4 Å². The molecule has 0 saturated carbocycles. The molecule has 0 aliphatic heterocycles. The fourth-order valence-corrected chi connectivity index (χ4v) is 3.63. The van der Waals surface area contributed by atoms with Crippen molar-refractivity contribution in [3.8, 4) is 0 Å². The Labute approximate surface area is 176 Å². The lowest BCUT2D eigenvalue weighted by Crippen LogP contribution is -2.31. The molecule has 0 saturated heterocycles. The Hall–Kier alpha value is -4.07. The molecule has 5 rings (SSSR count). The van der Waals surface area contributed by atoms with Gasteiger partial charge in [-0.25, -0.2) is 18.7 Å². The Kier molecular flexibility index (Phi) is 4.66. The topological polar surface area (TPSA) is 54.9 Å². The van der Waals surface area contributed by atoms with Crippen LogP contribution in [0.5, 0.6) is 0 Å². The molecular weight excluding hydrogens is 400 g/mol. The van der Waals surface area contributed by atoms with Crippen molar-refractivity contribution in [3.05, 3.63) is 108 Å². The Morgan fingerprint density at radius 3 is 2.00 bits per heavy atom. The Balaban J connectivity index is 1.56. The van der Waals surface area contributed by atoms with Crippen LogP contribution in [0.4, 0.5) is 8.78 Å². The van der Waals surface area contributed by atoms with Crippen molar-refractivity contribution in [2.24, 2.45) is 0 Å². The van der Waals surface area contributed by atoms with Gasteiger partial charge in [0.15, 0.2) is 0 Å². The first-order valence-electron chi connectivity index (χ1n) is 9.66. The van der Waals surface area contributed by atoms with E-state index < -0.39 is 17.5 Å². The fraction of sp³-hybridized carbons (Fsp3) is 0.0870. The number of aromatic nitrogens is 4. The summed E-state index contributed by atoms with van der Waals surface area (Å²) in [4.78, 5) is 23.5. The first kappa shape index (κ1) is 18.9. The van der Waals surface area contributed by atoms with E-state index in [9.17, 15) is 13.6 Å². The molecule has 0 spiro atoms. The first-order valence-corrected chi connectivity index (χ1v) is 9.66. The number of imidazole rings is 2. The molecule has 0 atom stereocenters. The molecule has 0 aliphatic carbocycles. The van der Waals surface area contributed by atoms with Crippen LogP contribution < -0.4 is 0 Å². The van der Waals surface area contributed by atoms with Crippen molar-refractivity contribution in [3.63, 3.8) is 0 Å². The van der Waals surface area contributed by atoms with E-state index in [1.54, 1.807) is 12.4 Å². The number of benzene rings is 1. The van der Waals surface area contributed by atoms with Crippen molar-refractivity contribution in [2.45, 2.75) is 13.1 Å². The molecule has 8 heteroatoms. The van der Waals surface area contributed by atoms with E-state index in [1.807, 2.05) is 57.6 Å². The molecule has 0 unspecified atom stereocenters. The van der Waals surface area contributed by atoms with Crippen LogP contribution in [0.1, 0.15) is 21.7 Å². The summed E-state index contributed by atoms with van der Waals surface area (Å²) in [7, 11) is 0. The monoisotopic (exact) mass is 417 g/mol. The second-order valence-electron chi connectivity index (χ2n) is 7.14. The van der Waals surface area contributed by atoms with Crippen LogP contribution >= 0.6 is 0 Å². The molecule has 31 heavy (non-hydrogen) atoms. The third-order valence-electron chi connectivity index (χ3n) is 5.14. The van der Waals surface area contributed by atoms with Gasteiger partial charge in [0.25, 0.3) is 5.91 Å². The van der Waals surface area contributed by atoms with E-state index in [0.717, 1.165) is 40.9 Å². The SMILES string of the molecule is O=C(c1cc(F)ccc1F)N(Cc1cnc2ccccn12)Cc1cnc2ccccn12. The highest BCUT2D eigenvalue weighted by Gasteiger charge is 2.23. The highest BCUT2D eigenvalue weighted by atomic mass is 19.1. The molecule has 0 N–H and O–H groups in total. The summed E-state index contributed by atoms with van der Waals surface area (Å²) in [6.07, 6.45) is 7.03. The van der Waals surface area contributed by atoms with Gasteiger partial charge in [-0.1, -0.05) is 12.1 Å². The number of pyridine rings is 2. The smallest absolute Gasteiger partial charge is 0.257 e.